The first kappa shape index (κ1) is 48.9. The van der Waals surface area contributed by atoms with E-state index in [2.05, 4.69) is 52.5 Å². The Bertz CT molecular complexity index is 2590. The van der Waals surface area contributed by atoms with Crippen LogP contribution in [0.15, 0.2) is 93.9 Å². The number of rotatable bonds is 12. The van der Waals surface area contributed by atoms with Crippen LogP contribution in [0.2, 0.25) is 0 Å². The second-order valence-corrected chi connectivity index (χ2v) is 19.6. The number of fused-ring (bicyclic) bond motifs is 4. The second kappa shape index (κ2) is 18.2. The lowest BCUT2D eigenvalue weighted by Gasteiger charge is -2.38. The van der Waals surface area contributed by atoms with E-state index < -0.39 is 60.3 Å². The zero-order chi connectivity index (χ0) is 48.0. The molecule has 0 saturated heterocycles. The molecule has 10 nitrogen and oxygen atoms in total. The Kier molecular flexibility index (Phi) is 13.5. The normalized spacial score (nSPS) is 15.5. The average molecular weight is 1050 g/mol. The maximum Gasteiger partial charge on any atom is 0.418 e. The van der Waals surface area contributed by atoms with Crippen LogP contribution in [0, 0.1) is 13.8 Å². The van der Waals surface area contributed by atoms with Gasteiger partial charge in [-0.2, -0.15) is 26.3 Å². The molecule has 2 unspecified atom stereocenters. The van der Waals surface area contributed by atoms with E-state index in [4.69, 9.17) is 18.9 Å². The molecule has 0 spiro atoms. The van der Waals surface area contributed by atoms with Crippen molar-refractivity contribution in [1.29, 1.82) is 0 Å². The molecule has 0 aliphatic carbocycles. The van der Waals surface area contributed by atoms with Gasteiger partial charge in [0.05, 0.1) is 33.1 Å². The highest BCUT2D eigenvalue weighted by molar-refractivity contribution is 9.11. The fraction of sp³-hybridized carbons (Fsp3) is 0.375. The van der Waals surface area contributed by atoms with E-state index in [1.165, 1.54) is 0 Å². The average Bonchev–Trinajstić information content (AvgIpc) is 3.93. The molecular formula is C48H48Br2F6N4O6. The van der Waals surface area contributed by atoms with Gasteiger partial charge >= 0.3 is 12.4 Å². The van der Waals surface area contributed by atoms with Gasteiger partial charge < -0.3 is 39.8 Å². The van der Waals surface area contributed by atoms with E-state index in [9.17, 15) is 36.6 Å². The van der Waals surface area contributed by atoms with Crippen LogP contribution >= 0.6 is 31.9 Å². The molecule has 18 heteroatoms. The summed E-state index contributed by atoms with van der Waals surface area (Å²) in [6.45, 7) is 8.83. The topological polar surface area (TPSA) is 127 Å². The number of anilines is 2. The summed E-state index contributed by atoms with van der Waals surface area (Å²) in [6, 6.07) is 24.4. The predicted octanol–water partition coefficient (Wildman–Crippen LogP) is 12.2. The fourth-order valence-corrected chi connectivity index (χ4v) is 9.33. The smallest absolute Gasteiger partial charge is 0.418 e. The van der Waals surface area contributed by atoms with Crippen LogP contribution in [-0.4, -0.2) is 70.4 Å². The third kappa shape index (κ3) is 9.97. The Morgan fingerprint density at radius 1 is 0.530 bits per heavy atom. The summed E-state index contributed by atoms with van der Waals surface area (Å²) in [5.41, 5.74) is -3.21. The predicted molar refractivity (Wildman–Crippen MR) is 248 cm³/mol. The molecule has 6 aromatic rings. The minimum absolute atomic E-state index is 0.0132. The number of aliphatic hydroxyl groups is 2. The van der Waals surface area contributed by atoms with E-state index in [0.717, 1.165) is 11.4 Å². The summed E-state index contributed by atoms with van der Waals surface area (Å²) in [6.07, 6.45) is -10.9. The van der Waals surface area contributed by atoms with Crippen molar-refractivity contribution in [2.75, 3.05) is 37.3 Å². The Hall–Kier alpha value is -5.04. The number of hydrogen-bond acceptors (Lipinski definition) is 10. The van der Waals surface area contributed by atoms with Crippen molar-refractivity contribution in [3.05, 3.63) is 116 Å². The molecular weight excluding hydrogens is 1000 g/mol. The van der Waals surface area contributed by atoms with E-state index in [1.54, 1.807) is 113 Å². The number of pyridine rings is 2. The molecule has 8 rings (SSSR count). The molecule has 0 amide bonds. The van der Waals surface area contributed by atoms with Crippen LogP contribution in [0.3, 0.4) is 0 Å². The first-order valence-electron chi connectivity index (χ1n) is 20.8. The van der Waals surface area contributed by atoms with Crippen molar-refractivity contribution in [3.63, 3.8) is 0 Å². The lowest BCUT2D eigenvalue weighted by molar-refractivity contribution is -0.260. The highest BCUT2D eigenvalue weighted by Crippen LogP contribution is 2.51. The number of alkyl halides is 6. The Morgan fingerprint density at radius 2 is 0.894 bits per heavy atom. The summed E-state index contributed by atoms with van der Waals surface area (Å²) in [5, 5.41) is 28.9. The summed E-state index contributed by atoms with van der Waals surface area (Å²) < 4.78 is 108. The highest BCUT2D eigenvalue weighted by Gasteiger charge is 2.57. The molecule has 2 aliphatic heterocycles. The molecule has 2 atom stereocenters. The minimum atomic E-state index is -4.87. The number of hydrogen-bond donors (Lipinski definition) is 4. The van der Waals surface area contributed by atoms with Gasteiger partial charge in [-0.15, -0.1) is 0 Å². The van der Waals surface area contributed by atoms with Crippen LogP contribution in [-0.2, 0) is 10.8 Å². The van der Waals surface area contributed by atoms with Gasteiger partial charge in [-0.3, -0.25) is 9.97 Å². The van der Waals surface area contributed by atoms with Crippen molar-refractivity contribution in [2.24, 2.45) is 0 Å². The lowest BCUT2D eigenvalue weighted by atomic mass is 9.74. The summed E-state index contributed by atoms with van der Waals surface area (Å²) in [7, 11) is 0. The van der Waals surface area contributed by atoms with Crippen molar-refractivity contribution in [1.82, 2.24) is 9.97 Å². The monoisotopic (exact) mass is 1050 g/mol. The standard InChI is InChI=1S/2C24H24BrF3N2O3/c2*1-14-7-8-15-18(5-4-6-19(15)30-14)29-12-23(31,24(26,27)28)11-22(2,3)16-9-10-17(25)21-20(16)32-13-33-21/h2*4-10,29,31H,11-13H2,1-3H3. The van der Waals surface area contributed by atoms with Gasteiger partial charge in [-0.05, 0) is 130 Å². The zero-order valence-electron chi connectivity index (χ0n) is 36.8. The number of aromatic nitrogens is 2. The number of halogens is 8. The van der Waals surface area contributed by atoms with Crippen molar-refractivity contribution >= 4 is 65.0 Å². The molecule has 0 fully saturated rings. The van der Waals surface area contributed by atoms with Gasteiger partial charge in [0.25, 0.3) is 0 Å². The SMILES string of the molecule is Cc1ccc2c(NCC(O)(CC(C)(C)c3ccc(Br)c4c3OCO4)C(F)(F)F)cccc2n1.Cc1ccc2c(NCC(O)(CC(C)(C)c3ccc(Br)c4c3OCO4)C(F)(F)F)cccc2n1. The third-order valence-corrected chi connectivity index (χ3v) is 13.1. The van der Waals surface area contributed by atoms with Crippen LogP contribution in [0.25, 0.3) is 21.8 Å². The van der Waals surface area contributed by atoms with Gasteiger partial charge in [0.15, 0.2) is 34.2 Å². The van der Waals surface area contributed by atoms with Crippen LogP contribution in [0.5, 0.6) is 23.0 Å². The number of aryl methyl sites for hydroxylation is 2. The first-order chi connectivity index (χ1) is 30.8. The minimum Gasteiger partial charge on any atom is -0.453 e. The van der Waals surface area contributed by atoms with Gasteiger partial charge in [-0.1, -0.05) is 52.0 Å². The van der Waals surface area contributed by atoms with Gasteiger partial charge in [0.1, 0.15) is 0 Å². The number of ether oxygens (including phenoxy) is 4. The second-order valence-electron chi connectivity index (χ2n) is 17.9. The molecule has 4 N–H and O–H groups in total. The summed E-state index contributed by atoms with van der Waals surface area (Å²) >= 11 is 6.73. The summed E-state index contributed by atoms with van der Waals surface area (Å²) in [4.78, 5) is 8.83. The van der Waals surface area contributed by atoms with Gasteiger partial charge in [0, 0.05) is 44.7 Å². The van der Waals surface area contributed by atoms with Gasteiger partial charge in [0.2, 0.25) is 13.6 Å². The molecule has 2 aromatic heterocycles. The Morgan fingerprint density at radius 3 is 1.26 bits per heavy atom. The summed E-state index contributed by atoms with van der Waals surface area (Å²) in [5.74, 6) is 1.69. The molecule has 0 bridgehead atoms. The number of benzene rings is 4. The first-order valence-corrected chi connectivity index (χ1v) is 22.4. The number of nitrogens with one attached hydrogen (secondary N) is 2. The Balaban J connectivity index is 0.000000196. The van der Waals surface area contributed by atoms with Gasteiger partial charge in [-0.25, -0.2) is 0 Å². The molecule has 66 heavy (non-hydrogen) atoms. The van der Waals surface area contributed by atoms with Crippen LogP contribution < -0.4 is 29.6 Å². The molecule has 0 saturated carbocycles. The quantitative estimate of drug-likeness (QED) is 0.0880. The third-order valence-electron chi connectivity index (χ3n) is 11.8. The van der Waals surface area contributed by atoms with Crippen molar-refractivity contribution in [3.8, 4) is 23.0 Å². The highest BCUT2D eigenvalue weighted by atomic mass is 79.9. The van der Waals surface area contributed by atoms with E-state index in [0.29, 0.717) is 76.3 Å². The molecule has 4 heterocycles. The van der Waals surface area contributed by atoms with Crippen molar-refractivity contribution in [2.45, 2.75) is 88.8 Å². The zero-order valence-corrected chi connectivity index (χ0v) is 39.9. The molecule has 0 radical (unpaired) electrons. The maximum absolute atomic E-state index is 14.2. The largest absolute Gasteiger partial charge is 0.453 e. The molecule has 4 aromatic carbocycles. The van der Waals surface area contributed by atoms with E-state index in [-0.39, 0.29) is 13.6 Å². The molecule has 352 valence electrons. The Labute approximate surface area is 394 Å². The number of nitrogens with zero attached hydrogens (tertiary/aromatic N) is 2. The van der Waals surface area contributed by atoms with Crippen LogP contribution in [0.1, 0.15) is 63.1 Å². The molecule has 2 aliphatic rings. The fourth-order valence-electron chi connectivity index (χ4n) is 8.48. The van der Waals surface area contributed by atoms with E-state index in [1.807, 2.05) is 13.8 Å². The van der Waals surface area contributed by atoms with Crippen LogP contribution in [0.4, 0.5) is 37.7 Å². The van der Waals surface area contributed by atoms with E-state index >= 15 is 0 Å². The van der Waals surface area contributed by atoms with Crippen molar-refractivity contribution < 1.29 is 55.5 Å². The maximum atomic E-state index is 14.2. The lowest BCUT2D eigenvalue weighted by Crippen LogP contribution is -2.53.